The fourth-order valence-corrected chi connectivity index (χ4v) is 2.81. The summed E-state index contributed by atoms with van der Waals surface area (Å²) >= 11 is 0. The third-order valence-electron chi connectivity index (χ3n) is 4.16. The molecule has 2 amide bonds. The van der Waals surface area contributed by atoms with Crippen LogP contribution in [0.25, 0.3) is 0 Å². The van der Waals surface area contributed by atoms with E-state index < -0.39 is 0 Å². The first kappa shape index (κ1) is 16.5. The van der Waals surface area contributed by atoms with E-state index in [1.54, 1.807) is 17.1 Å². The molecule has 0 saturated carbocycles. The average Bonchev–Trinajstić information content (AvgIpc) is 3.09. The van der Waals surface area contributed by atoms with Crippen molar-refractivity contribution in [2.24, 2.45) is 0 Å². The summed E-state index contributed by atoms with van der Waals surface area (Å²) < 4.78 is 0. The normalized spacial score (nSPS) is 17.5. The summed E-state index contributed by atoms with van der Waals surface area (Å²) in [5, 5.41) is 4.75. The number of carbonyl (C=O) groups excluding carboxylic acids is 2. The number of amides is 2. The van der Waals surface area contributed by atoms with E-state index in [0.29, 0.717) is 5.56 Å². The number of nitrogens with one attached hydrogen (secondary N) is 2. The van der Waals surface area contributed by atoms with Crippen molar-refractivity contribution in [3.05, 3.63) is 35.9 Å². The molecule has 1 aliphatic rings. The van der Waals surface area contributed by atoms with Crippen molar-refractivity contribution < 1.29 is 9.59 Å². The molecule has 1 aromatic carbocycles. The van der Waals surface area contributed by atoms with Gasteiger partial charge in [-0.2, -0.15) is 0 Å². The van der Waals surface area contributed by atoms with Gasteiger partial charge < -0.3 is 5.32 Å². The Morgan fingerprint density at radius 1 is 1.27 bits per heavy atom. The van der Waals surface area contributed by atoms with Gasteiger partial charge in [0.1, 0.15) is 0 Å². The lowest BCUT2D eigenvalue weighted by atomic mass is 10.1. The van der Waals surface area contributed by atoms with Gasteiger partial charge in [-0.05, 0) is 44.4 Å². The molecule has 120 valence electrons. The van der Waals surface area contributed by atoms with Gasteiger partial charge in [0.25, 0.3) is 11.8 Å². The van der Waals surface area contributed by atoms with Crippen molar-refractivity contribution in [2.45, 2.75) is 51.6 Å². The quantitative estimate of drug-likeness (QED) is 0.819. The van der Waals surface area contributed by atoms with Gasteiger partial charge >= 0.3 is 0 Å². The van der Waals surface area contributed by atoms with Crippen LogP contribution in [0, 0.1) is 0 Å². The molecule has 1 fully saturated rings. The van der Waals surface area contributed by atoms with Crippen LogP contribution in [0.15, 0.2) is 30.3 Å². The monoisotopic (exact) mass is 303 g/mol. The molecule has 0 aliphatic carbocycles. The Labute approximate surface area is 132 Å². The van der Waals surface area contributed by atoms with Crippen LogP contribution in [0.1, 0.15) is 49.9 Å². The largest absolute Gasteiger partial charge is 0.306 e. The molecule has 1 aromatic rings. The standard InChI is InChI=1S/C17H25N3O2/c1-3-14(4-2)20(17(22)15-11-8-12-18-15)19-16(21)13-9-6-5-7-10-13/h5-7,9-10,14-15,18H,3-4,8,11-12H2,1-2H3,(H,19,21). The maximum atomic E-state index is 12.7. The molecule has 2 rings (SSSR count). The van der Waals surface area contributed by atoms with Crippen LogP contribution in [0.4, 0.5) is 0 Å². The van der Waals surface area contributed by atoms with E-state index in [1.165, 1.54) is 0 Å². The van der Waals surface area contributed by atoms with E-state index in [4.69, 9.17) is 0 Å². The second kappa shape index (κ2) is 7.94. The molecule has 1 saturated heterocycles. The lowest BCUT2D eigenvalue weighted by molar-refractivity contribution is -0.138. The third kappa shape index (κ3) is 3.85. The van der Waals surface area contributed by atoms with Gasteiger partial charge in [0.15, 0.2) is 0 Å². The van der Waals surface area contributed by atoms with Crippen molar-refractivity contribution in [2.75, 3.05) is 6.54 Å². The minimum absolute atomic E-state index is 0.0163. The topological polar surface area (TPSA) is 61.4 Å². The molecular weight excluding hydrogens is 278 g/mol. The number of nitrogens with zero attached hydrogens (tertiary/aromatic N) is 1. The summed E-state index contributed by atoms with van der Waals surface area (Å²) in [4.78, 5) is 25.1. The second-order valence-corrected chi connectivity index (χ2v) is 5.63. The molecule has 5 heteroatoms. The van der Waals surface area contributed by atoms with Crippen molar-refractivity contribution >= 4 is 11.8 Å². The van der Waals surface area contributed by atoms with E-state index >= 15 is 0 Å². The highest BCUT2D eigenvalue weighted by Crippen LogP contribution is 2.14. The van der Waals surface area contributed by atoms with E-state index in [1.807, 2.05) is 32.0 Å². The highest BCUT2D eigenvalue weighted by atomic mass is 16.2. The van der Waals surface area contributed by atoms with Gasteiger partial charge in [0, 0.05) is 5.56 Å². The first-order valence-electron chi connectivity index (χ1n) is 8.09. The summed E-state index contributed by atoms with van der Waals surface area (Å²) in [6, 6.07) is 8.83. The van der Waals surface area contributed by atoms with Gasteiger partial charge in [0.2, 0.25) is 0 Å². The number of hydrogen-bond acceptors (Lipinski definition) is 3. The van der Waals surface area contributed by atoms with E-state index in [-0.39, 0.29) is 23.9 Å². The van der Waals surface area contributed by atoms with Gasteiger partial charge in [-0.15, -0.1) is 0 Å². The van der Waals surface area contributed by atoms with Crippen LogP contribution >= 0.6 is 0 Å². The minimum atomic E-state index is -0.237. The van der Waals surface area contributed by atoms with E-state index in [2.05, 4.69) is 10.7 Å². The number of benzene rings is 1. The maximum Gasteiger partial charge on any atom is 0.269 e. The first-order chi connectivity index (χ1) is 10.7. The van der Waals surface area contributed by atoms with Crippen molar-refractivity contribution in [3.63, 3.8) is 0 Å². The van der Waals surface area contributed by atoms with Crippen LogP contribution in [0.2, 0.25) is 0 Å². The fraction of sp³-hybridized carbons (Fsp3) is 0.529. The predicted octanol–water partition coefficient (Wildman–Crippen LogP) is 2.10. The Kier molecular flexibility index (Phi) is 5.95. The third-order valence-corrected chi connectivity index (χ3v) is 4.16. The fourth-order valence-electron chi connectivity index (χ4n) is 2.81. The molecule has 2 N–H and O–H groups in total. The van der Waals surface area contributed by atoms with Crippen molar-refractivity contribution in [1.29, 1.82) is 0 Å². The Morgan fingerprint density at radius 3 is 2.50 bits per heavy atom. The average molecular weight is 303 g/mol. The Balaban J connectivity index is 2.13. The lowest BCUT2D eigenvalue weighted by Gasteiger charge is -2.32. The zero-order valence-electron chi connectivity index (χ0n) is 13.3. The number of hydrogen-bond donors (Lipinski definition) is 2. The highest BCUT2D eigenvalue weighted by Gasteiger charge is 2.31. The van der Waals surface area contributed by atoms with Crippen molar-refractivity contribution in [1.82, 2.24) is 15.8 Å². The predicted molar refractivity (Wildman–Crippen MR) is 86.1 cm³/mol. The minimum Gasteiger partial charge on any atom is -0.306 e. The summed E-state index contributed by atoms with van der Waals surface area (Å²) in [5.41, 5.74) is 3.38. The van der Waals surface area contributed by atoms with Crippen LogP contribution in [-0.2, 0) is 4.79 Å². The molecule has 0 radical (unpaired) electrons. The molecule has 22 heavy (non-hydrogen) atoms. The summed E-state index contributed by atoms with van der Waals surface area (Å²) in [7, 11) is 0. The van der Waals surface area contributed by atoms with Crippen LogP contribution in [0.3, 0.4) is 0 Å². The number of hydrazine groups is 1. The molecule has 1 aliphatic heterocycles. The molecule has 5 nitrogen and oxygen atoms in total. The zero-order valence-corrected chi connectivity index (χ0v) is 13.3. The SMILES string of the molecule is CCC(CC)N(NC(=O)c1ccccc1)C(=O)C1CCCN1. The molecule has 1 atom stereocenters. The molecule has 1 heterocycles. The number of carbonyl (C=O) groups is 2. The van der Waals surface area contributed by atoms with Gasteiger partial charge in [-0.1, -0.05) is 32.0 Å². The van der Waals surface area contributed by atoms with E-state index in [9.17, 15) is 9.59 Å². The van der Waals surface area contributed by atoms with Crippen LogP contribution < -0.4 is 10.7 Å². The first-order valence-corrected chi connectivity index (χ1v) is 8.09. The summed E-state index contributed by atoms with van der Waals surface area (Å²) in [6.07, 6.45) is 3.45. The summed E-state index contributed by atoms with van der Waals surface area (Å²) in [5.74, 6) is -0.269. The van der Waals surface area contributed by atoms with Crippen molar-refractivity contribution in [3.8, 4) is 0 Å². The van der Waals surface area contributed by atoms with E-state index in [0.717, 1.165) is 32.2 Å². The summed E-state index contributed by atoms with van der Waals surface area (Å²) in [6.45, 7) is 4.93. The molecule has 0 aromatic heterocycles. The second-order valence-electron chi connectivity index (χ2n) is 5.63. The van der Waals surface area contributed by atoms with Crippen LogP contribution in [-0.4, -0.2) is 35.5 Å². The van der Waals surface area contributed by atoms with Crippen LogP contribution in [0.5, 0.6) is 0 Å². The molecular formula is C17H25N3O2. The maximum absolute atomic E-state index is 12.7. The van der Waals surface area contributed by atoms with Gasteiger partial charge in [-0.3, -0.25) is 15.0 Å². The molecule has 1 unspecified atom stereocenters. The highest BCUT2D eigenvalue weighted by molar-refractivity contribution is 5.96. The van der Waals surface area contributed by atoms with Gasteiger partial charge in [-0.25, -0.2) is 5.01 Å². The Bertz CT molecular complexity index is 494. The molecule has 0 bridgehead atoms. The Hall–Kier alpha value is -1.88. The van der Waals surface area contributed by atoms with Gasteiger partial charge in [0.05, 0.1) is 12.1 Å². The Morgan fingerprint density at radius 2 is 1.95 bits per heavy atom. The zero-order chi connectivity index (χ0) is 15.9. The number of rotatable bonds is 5. The molecule has 0 spiro atoms. The lowest BCUT2D eigenvalue weighted by Crippen LogP contribution is -2.56. The smallest absolute Gasteiger partial charge is 0.269 e.